The summed E-state index contributed by atoms with van der Waals surface area (Å²) >= 11 is 1.51. The topological polar surface area (TPSA) is 74.4 Å². The van der Waals surface area contributed by atoms with Gasteiger partial charge in [-0.15, -0.1) is 11.3 Å². The summed E-state index contributed by atoms with van der Waals surface area (Å²) in [4.78, 5) is 15.9. The molecule has 0 aliphatic heterocycles. The molecule has 1 aromatic heterocycles. The maximum absolute atomic E-state index is 11.6. The van der Waals surface area contributed by atoms with Crippen molar-refractivity contribution >= 4 is 23.0 Å². The summed E-state index contributed by atoms with van der Waals surface area (Å²) in [6.07, 6.45) is 0. The summed E-state index contributed by atoms with van der Waals surface area (Å²) in [5.41, 5.74) is 7.52. The lowest BCUT2D eigenvalue weighted by molar-refractivity contribution is 0.0595. The van der Waals surface area contributed by atoms with Crippen molar-refractivity contribution < 1.29 is 14.3 Å². The van der Waals surface area contributed by atoms with Crippen molar-refractivity contribution in [3.63, 3.8) is 0 Å². The second-order valence-corrected chi connectivity index (χ2v) is 4.86. The van der Waals surface area contributed by atoms with E-state index in [0.29, 0.717) is 23.6 Å². The molecule has 19 heavy (non-hydrogen) atoms. The molecule has 100 valence electrons. The average molecular weight is 278 g/mol. The predicted octanol–water partition coefficient (Wildman–Crippen LogP) is 2.40. The van der Waals surface area contributed by atoms with Crippen LogP contribution in [0.5, 0.6) is 5.75 Å². The second kappa shape index (κ2) is 5.71. The van der Waals surface area contributed by atoms with Gasteiger partial charge in [0.05, 0.1) is 7.11 Å². The Bertz CT molecular complexity index is 595. The maximum atomic E-state index is 11.6. The zero-order chi connectivity index (χ0) is 13.8. The summed E-state index contributed by atoms with van der Waals surface area (Å²) in [5, 5.41) is 2.79. The van der Waals surface area contributed by atoms with Crippen LogP contribution in [0.1, 0.15) is 21.1 Å². The van der Waals surface area contributed by atoms with Gasteiger partial charge in [-0.1, -0.05) is 0 Å². The number of aryl methyl sites for hydroxylation is 1. The first-order valence-corrected chi connectivity index (χ1v) is 6.49. The van der Waals surface area contributed by atoms with E-state index in [1.54, 1.807) is 18.2 Å². The van der Waals surface area contributed by atoms with Crippen LogP contribution in [0.2, 0.25) is 0 Å². The molecule has 0 atom stereocenters. The monoisotopic (exact) mass is 278 g/mol. The number of esters is 1. The minimum atomic E-state index is -0.453. The van der Waals surface area contributed by atoms with Crippen molar-refractivity contribution in [1.82, 2.24) is 4.98 Å². The molecule has 0 unspecified atom stereocenters. The van der Waals surface area contributed by atoms with Crippen LogP contribution < -0.4 is 10.5 Å². The largest absolute Gasteiger partial charge is 0.485 e. The molecule has 0 aliphatic rings. The summed E-state index contributed by atoms with van der Waals surface area (Å²) in [7, 11) is 1.33. The van der Waals surface area contributed by atoms with E-state index >= 15 is 0 Å². The van der Waals surface area contributed by atoms with Crippen molar-refractivity contribution in [2.45, 2.75) is 13.5 Å². The number of ether oxygens (including phenoxy) is 2. The molecule has 1 heterocycles. The Morgan fingerprint density at radius 2 is 2.26 bits per heavy atom. The number of carbonyl (C=O) groups excluding carboxylic acids is 1. The molecule has 2 rings (SSSR count). The number of nitrogens with two attached hydrogens (primary N) is 1. The quantitative estimate of drug-likeness (QED) is 0.686. The van der Waals surface area contributed by atoms with Crippen molar-refractivity contribution in [1.29, 1.82) is 0 Å². The third-order valence-electron chi connectivity index (χ3n) is 2.43. The Morgan fingerprint density at radius 1 is 1.47 bits per heavy atom. The first-order valence-electron chi connectivity index (χ1n) is 5.62. The molecule has 0 aliphatic carbocycles. The summed E-state index contributed by atoms with van der Waals surface area (Å²) in [5.74, 6) is -0.0509. The molecule has 0 saturated carbocycles. The zero-order valence-electron chi connectivity index (χ0n) is 10.7. The molecule has 0 saturated heterocycles. The van der Waals surface area contributed by atoms with E-state index in [2.05, 4.69) is 4.98 Å². The van der Waals surface area contributed by atoms with E-state index in [1.165, 1.54) is 18.4 Å². The molecule has 6 heteroatoms. The number of nitrogen functional groups attached to an aromatic ring is 1. The molecule has 2 N–H and O–H groups in total. The molecule has 0 amide bonds. The Labute approximate surface area is 115 Å². The van der Waals surface area contributed by atoms with E-state index in [-0.39, 0.29) is 0 Å². The third-order valence-corrected chi connectivity index (χ3v) is 3.37. The van der Waals surface area contributed by atoms with Crippen LogP contribution in [-0.4, -0.2) is 18.1 Å². The highest BCUT2D eigenvalue weighted by atomic mass is 32.1. The van der Waals surface area contributed by atoms with Gasteiger partial charge in [0.25, 0.3) is 0 Å². The first-order chi connectivity index (χ1) is 9.10. The Hall–Kier alpha value is -2.08. The fourth-order valence-corrected chi connectivity index (χ4v) is 2.23. The number of hydrogen-bond acceptors (Lipinski definition) is 6. The molecule has 5 nitrogen and oxygen atoms in total. The Morgan fingerprint density at radius 3 is 2.89 bits per heavy atom. The summed E-state index contributed by atoms with van der Waals surface area (Å²) < 4.78 is 10.3. The van der Waals surface area contributed by atoms with Gasteiger partial charge in [0.1, 0.15) is 22.9 Å². The molecule has 0 radical (unpaired) electrons. The van der Waals surface area contributed by atoms with Crippen LogP contribution >= 0.6 is 11.3 Å². The van der Waals surface area contributed by atoms with Gasteiger partial charge in [-0.3, -0.25) is 0 Å². The standard InChI is InChI=1S/C13H14N2O3S/c1-8-7-19-12(15-8)6-18-11-5-9(14)3-4-10(11)13(16)17-2/h3-5,7H,6,14H2,1-2H3. The average Bonchev–Trinajstić information content (AvgIpc) is 2.81. The Balaban J connectivity index is 2.18. The van der Waals surface area contributed by atoms with Gasteiger partial charge in [0.15, 0.2) is 0 Å². The first kappa shape index (κ1) is 13.4. The number of methoxy groups -OCH3 is 1. The normalized spacial score (nSPS) is 10.2. The molecule has 0 bridgehead atoms. The van der Waals surface area contributed by atoms with Gasteiger partial charge in [-0.2, -0.15) is 0 Å². The van der Waals surface area contributed by atoms with Crippen LogP contribution in [-0.2, 0) is 11.3 Å². The minimum Gasteiger partial charge on any atom is -0.485 e. The zero-order valence-corrected chi connectivity index (χ0v) is 11.5. The van der Waals surface area contributed by atoms with E-state index in [9.17, 15) is 4.79 Å². The number of rotatable bonds is 4. The van der Waals surface area contributed by atoms with Crippen molar-refractivity contribution in [2.75, 3.05) is 12.8 Å². The number of thiazole rings is 1. The van der Waals surface area contributed by atoms with Gasteiger partial charge in [-0.25, -0.2) is 9.78 Å². The second-order valence-electron chi connectivity index (χ2n) is 3.92. The van der Waals surface area contributed by atoms with Crippen LogP contribution in [0.4, 0.5) is 5.69 Å². The highest BCUT2D eigenvalue weighted by molar-refractivity contribution is 7.09. The number of aromatic nitrogens is 1. The molecular formula is C13H14N2O3S. The number of carbonyl (C=O) groups is 1. The highest BCUT2D eigenvalue weighted by Crippen LogP contribution is 2.24. The number of nitrogens with zero attached hydrogens (tertiary/aromatic N) is 1. The molecule has 0 spiro atoms. The van der Waals surface area contributed by atoms with E-state index in [4.69, 9.17) is 15.2 Å². The van der Waals surface area contributed by atoms with Gasteiger partial charge in [0, 0.05) is 22.8 Å². The maximum Gasteiger partial charge on any atom is 0.341 e. The van der Waals surface area contributed by atoms with E-state index in [0.717, 1.165) is 10.7 Å². The van der Waals surface area contributed by atoms with Gasteiger partial charge >= 0.3 is 5.97 Å². The van der Waals surface area contributed by atoms with Gasteiger partial charge < -0.3 is 15.2 Å². The highest BCUT2D eigenvalue weighted by Gasteiger charge is 2.14. The van der Waals surface area contributed by atoms with Crippen LogP contribution in [0.3, 0.4) is 0 Å². The lowest BCUT2D eigenvalue weighted by Crippen LogP contribution is -2.06. The van der Waals surface area contributed by atoms with Crippen LogP contribution in [0.25, 0.3) is 0 Å². The van der Waals surface area contributed by atoms with Crippen LogP contribution in [0.15, 0.2) is 23.6 Å². The van der Waals surface area contributed by atoms with Crippen molar-refractivity contribution in [2.24, 2.45) is 0 Å². The lowest BCUT2D eigenvalue weighted by Gasteiger charge is -2.09. The van der Waals surface area contributed by atoms with Crippen molar-refractivity contribution in [3.8, 4) is 5.75 Å². The molecule has 0 fully saturated rings. The Kier molecular flexibility index (Phi) is 4.01. The van der Waals surface area contributed by atoms with E-state index in [1.807, 2.05) is 12.3 Å². The fraction of sp³-hybridized carbons (Fsp3) is 0.231. The smallest absolute Gasteiger partial charge is 0.341 e. The fourth-order valence-electron chi connectivity index (χ4n) is 1.55. The molecule has 1 aromatic carbocycles. The van der Waals surface area contributed by atoms with Gasteiger partial charge in [-0.05, 0) is 19.1 Å². The van der Waals surface area contributed by atoms with Crippen molar-refractivity contribution in [3.05, 3.63) is 39.8 Å². The third kappa shape index (κ3) is 3.23. The summed E-state index contributed by atoms with van der Waals surface area (Å²) in [6, 6.07) is 4.82. The van der Waals surface area contributed by atoms with E-state index < -0.39 is 5.97 Å². The molecule has 2 aromatic rings. The number of benzene rings is 1. The van der Waals surface area contributed by atoms with Crippen LogP contribution in [0, 0.1) is 6.92 Å². The lowest BCUT2D eigenvalue weighted by atomic mass is 10.2. The SMILES string of the molecule is COC(=O)c1ccc(N)cc1OCc1nc(C)cs1. The summed E-state index contributed by atoms with van der Waals surface area (Å²) in [6.45, 7) is 2.21. The number of hydrogen-bond donors (Lipinski definition) is 1. The predicted molar refractivity (Wildman–Crippen MR) is 73.4 cm³/mol. The molecular weight excluding hydrogens is 264 g/mol. The minimum absolute atomic E-state index is 0.298. The number of anilines is 1. The van der Waals surface area contributed by atoms with Gasteiger partial charge in [0.2, 0.25) is 0 Å².